The first kappa shape index (κ1) is 20.2. The van der Waals surface area contributed by atoms with Crippen LogP contribution in [-0.2, 0) is 9.59 Å². The van der Waals surface area contributed by atoms with E-state index in [0.717, 1.165) is 57.8 Å². The average Bonchev–Trinajstić information content (AvgIpc) is 2.96. The van der Waals surface area contributed by atoms with Crippen LogP contribution < -0.4 is 0 Å². The number of aliphatic hydroxyl groups is 1. The maximum atomic E-state index is 12.1. The Kier molecular flexibility index (Phi) is 8.66. The highest BCUT2D eigenvalue weighted by Gasteiger charge is 2.28. The normalized spacial score (nSPS) is 22.8. The number of hydrogen-bond acceptors (Lipinski definition) is 3. The summed E-state index contributed by atoms with van der Waals surface area (Å²) in [5.41, 5.74) is 1.24. The van der Waals surface area contributed by atoms with Crippen molar-refractivity contribution in [2.75, 3.05) is 0 Å². The van der Waals surface area contributed by atoms with Crippen molar-refractivity contribution in [1.82, 2.24) is 0 Å². The molecule has 142 valence electrons. The number of carbonyl (C=O) groups excluding carboxylic acids is 1. The van der Waals surface area contributed by atoms with Gasteiger partial charge in [0.05, 0.1) is 6.10 Å². The van der Waals surface area contributed by atoms with Crippen LogP contribution >= 0.6 is 0 Å². The van der Waals surface area contributed by atoms with Gasteiger partial charge in [-0.2, -0.15) is 0 Å². The number of carboxylic acid groups (broad SMARTS) is 1. The molecule has 2 rings (SSSR count). The van der Waals surface area contributed by atoms with Crippen LogP contribution in [0.15, 0.2) is 11.6 Å². The Morgan fingerprint density at radius 3 is 2.56 bits per heavy atom. The minimum atomic E-state index is -0.729. The highest BCUT2D eigenvalue weighted by Crippen LogP contribution is 2.34. The molecule has 2 aliphatic rings. The minimum Gasteiger partial charge on any atom is -0.481 e. The van der Waals surface area contributed by atoms with Gasteiger partial charge in [0.25, 0.3) is 0 Å². The highest BCUT2D eigenvalue weighted by atomic mass is 16.4. The average molecular weight is 350 g/mol. The summed E-state index contributed by atoms with van der Waals surface area (Å²) in [4.78, 5) is 22.6. The third kappa shape index (κ3) is 6.93. The Morgan fingerprint density at radius 2 is 1.84 bits per heavy atom. The summed E-state index contributed by atoms with van der Waals surface area (Å²) in [6.07, 6.45) is 14.9. The van der Waals surface area contributed by atoms with Crippen molar-refractivity contribution < 1.29 is 19.8 Å². The summed E-state index contributed by atoms with van der Waals surface area (Å²) in [5, 5.41) is 19.1. The molecular formula is C21H34O4. The van der Waals surface area contributed by atoms with Crippen LogP contribution in [0.1, 0.15) is 89.9 Å². The van der Waals surface area contributed by atoms with Gasteiger partial charge in [0.15, 0.2) is 0 Å². The molecule has 2 aliphatic carbocycles. The summed E-state index contributed by atoms with van der Waals surface area (Å²) < 4.78 is 0. The van der Waals surface area contributed by atoms with E-state index in [4.69, 9.17) is 5.11 Å². The lowest BCUT2D eigenvalue weighted by molar-refractivity contribution is -0.137. The smallest absolute Gasteiger partial charge is 0.303 e. The van der Waals surface area contributed by atoms with Crippen LogP contribution in [0.25, 0.3) is 0 Å². The number of carboxylic acids is 1. The van der Waals surface area contributed by atoms with Crippen LogP contribution in [0.4, 0.5) is 0 Å². The van der Waals surface area contributed by atoms with Crippen molar-refractivity contribution in [3.05, 3.63) is 11.6 Å². The Bertz CT molecular complexity index is 463. The topological polar surface area (TPSA) is 74.6 Å². The number of allylic oxidation sites excluding steroid dienone is 2. The fourth-order valence-electron chi connectivity index (χ4n) is 4.39. The van der Waals surface area contributed by atoms with Crippen LogP contribution in [0.3, 0.4) is 0 Å². The molecule has 2 atom stereocenters. The molecule has 4 nitrogen and oxygen atoms in total. The summed E-state index contributed by atoms with van der Waals surface area (Å²) in [5.74, 6) is 0.109. The first-order valence-corrected chi connectivity index (χ1v) is 10.2. The first-order chi connectivity index (χ1) is 12.1. The molecule has 0 bridgehead atoms. The lowest BCUT2D eigenvalue weighted by atomic mass is 9.82. The van der Waals surface area contributed by atoms with Gasteiger partial charge in [0, 0.05) is 18.8 Å². The van der Waals surface area contributed by atoms with E-state index in [1.807, 2.05) is 0 Å². The molecule has 0 saturated heterocycles. The third-order valence-corrected chi connectivity index (χ3v) is 5.96. The number of rotatable bonds is 11. The van der Waals surface area contributed by atoms with Gasteiger partial charge in [0.1, 0.15) is 5.78 Å². The summed E-state index contributed by atoms with van der Waals surface area (Å²) in [6.45, 7) is 0. The Balaban J connectivity index is 1.66. The number of unbranched alkanes of at least 4 members (excludes halogenated alkanes) is 3. The van der Waals surface area contributed by atoms with Gasteiger partial charge in [-0.05, 0) is 44.4 Å². The van der Waals surface area contributed by atoms with Gasteiger partial charge in [-0.15, -0.1) is 0 Å². The van der Waals surface area contributed by atoms with Gasteiger partial charge in [-0.1, -0.05) is 50.2 Å². The lowest BCUT2D eigenvalue weighted by Gasteiger charge is -2.27. The zero-order chi connectivity index (χ0) is 18.1. The Morgan fingerprint density at radius 1 is 1.12 bits per heavy atom. The molecule has 4 heteroatoms. The maximum Gasteiger partial charge on any atom is 0.303 e. The van der Waals surface area contributed by atoms with Crippen LogP contribution in [-0.4, -0.2) is 28.1 Å². The first-order valence-electron chi connectivity index (χ1n) is 10.2. The molecule has 0 unspecified atom stereocenters. The zero-order valence-corrected chi connectivity index (χ0v) is 15.4. The molecule has 0 radical (unpaired) electrons. The summed E-state index contributed by atoms with van der Waals surface area (Å²) >= 11 is 0. The van der Waals surface area contributed by atoms with Gasteiger partial charge in [-0.25, -0.2) is 0 Å². The van der Waals surface area contributed by atoms with Crippen molar-refractivity contribution in [3.8, 4) is 0 Å². The molecule has 25 heavy (non-hydrogen) atoms. The fraction of sp³-hybridized carbons (Fsp3) is 0.810. The molecule has 0 aromatic rings. The van der Waals surface area contributed by atoms with E-state index < -0.39 is 5.97 Å². The molecule has 0 aromatic heterocycles. The standard InChI is InChI=1S/C21H34O4/c22-19(17-8-4-3-5-9-17)14-12-16-13-15-20(23)18(16)10-6-1-2-7-11-21(24)25/h13,17-19,22H,1-12,14-15H2,(H,24,25)/t18-,19-/m1/s1. The SMILES string of the molecule is O=C(O)CCCCCC[C@H]1C(=O)CC=C1CC[C@@H](O)C1CCCCC1. The van der Waals surface area contributed by atoms with Crippen molar-refractivity contribution in [2.45, 2.75) is 96.0 Å². The van der Waals surface area contributed by atoms with Gasteiger partial charge in [0.2, 0.25) is 0 Å². The quantitative estimate of drug-likeness (QED) is 0.420. The number of aliphatic carboxylic acids is 1. The van der Waals surface area contributed by atoms with Crippen LogP contribution in [0.2, 0.25) is 0 Å². The molecule has 1 saturated carbocycles. The third-order valence-electron chi connectivity index (χ3n) is 5.96. The number of carbonyl (C=O) groups is 2. The van der Waals surface area contributed by atoms with E-state index in [1.165, 1.54) is 24.8 Å². The molecule has 0 amide bonds. The molecule has 1 fully saturated rings. The second-order valence-corrected chi connectivity index (χ2v) is 7.85. The molecular weight excluding hydrogens is 316 g/mol. The van der Waals surface area contributed by atoms with Crippen molar-refractivity contribution in [1.29, 1.82) is 0 Å². The number of ketones is 1. The van der Waals surface area contributed by atoms with Crippen LogP contribution in [0, 0.1) is 11.8 Å². The molecule has 2 N–H and O–H groups in total. The second kappa shape index (κ2) is 10.7. The molecule has 0 heterocycles. The van der Waals surface area contributed by atoms with E-state index in [1.54, 1.807) is 0 Å². The zero-order valence-electron chi connectivity index (χ0n) is 15.4. The Hall–Kier alpha value is -1.16. The van der Waals surface area contributed by atoms with E-state index in [-0.39, 0.29) is 18.4 Å². The Labute approximate surface area is 151 Å². The van der Waals surface area contributed by atoms with Gasteiger partial charge >= 0.3 is 5.97 Å². The van der Waals surface area contributed by atoms with E-state index >= 15 is 0 Å². The van der Waals surface area contributed by atoms with Crippen molar-refractivity contribution in [3.63, 3.8) is 0 Å². The van der Waals surface area contributed by atoms with Crippen molar-refractivity contribution >= 4 is 11.8 Å². The van der Waals surface area contributed by atoms with Gasteiger partial charge in [-0.3, -0.25) is 9.59 Å². The predicted molar refractivity (Wildman–Crippen MR) is 98.4 cm³/mol. The summed E-state index contributed by atoms with van der Waals surface area (Å²) in [6, 6.07) is 0. The number of aliphatic hydroxyl groups excluding tert-OH is 1. The largest absolute Gasteiger partial charge is 0.481 e. The maximum absolute atomic E-state index is 12.1. The lowest BCUT2D eigenvalue weighted by Crippen LogP contribution is -2.23. The number of hydrogen-bond donors (Lipinski definition) is 2. The summed E-state index contributed by atoms with van der Waals surface area (Å²) in [7, 11) is 0. The molecule has 0 spiro atoms. The molecule has 0 aliphatic heterocycles. The van der Waals surface area contributed by atoms with Crippen molar-refractivity contribution in [2.24, 2.45) is 11.8 Å². The predicted octanol–water partition coefficient (Wildman–Crippen LogP) is 4.65. The van der Waals surface area contributed by atoms with E-state index in [9.17, 15) is 14.7 Å². The van der Waals surface area contributed by atoms with Crippen LogP contribution in [0.5, 0.6) is 0 Å². The highest BCUT2D eigenvalue weighted by molar-refractivity contribution is 5.88. The monoisotopic (exact) mass is 350 g/mol. The minimum absolute atomic E-state index is 0.0537. The molecule has 0 aromatic carbocycles. The number of Topliss-reactive ketones (excluding diaryl/α,β-unsaturated/α-hetero) is 1. The van der Waals surface area contributed by atoms with E-state index in [2.05, 4.69) is 6.08 Å². The van der Waals surface area contributed by atoms with Gasteiger partial charge < -0.3 is 10.2 Å². The second-order valence-electron chi connectivity index (χ2n) is 7.85. The van der Waals surface area contributed by atoms with E-state index in [0.29, 0.717) is 18.1 Å². The fourth-order valence-corrected chi connectivity index (χ4v) is 4.39.